The van der Waals surface area contributed by atoms with Crippen molar-refractivity contribution >= 4 is 5.82 Å². The van der Waals surface area contributed by atoms with Gasteiger partial charge in [0.2, 0.25) is 5.88 Å². The molecule has 0 aliphatic rings. The number of hydrogen-bond acceptors (Lipinski definition) is 4. The van der Waals surface area contributed by atoms with E-state index < -0.39 is 0 Å². The number of aromatic nitrogens is 2. The van der Waals surface area contributed by atoms with Crippen LogP contribution in [0.3, 0.4) is 0 Å². The summed E-state index contributed by atoms with van der Waals surface area (Å²) in [6.45, 7) is 9.01. The van der Waals surface area contributed by atoms with E-state index in [4.69, 9.17) is 4.74 Å². The van der Waals surface area contributed by atoms with E-state index in [2.05, 4.69) is 22.2 Å². The van der Waals surface area contributed by atoms with Gasteiger partial charge in [0, 0.05) is 6.54 Å². The molecule has 0 saturated heterocycles. The lowest BCUT2D eigenvalue weighted by atomic mass is 10.1. The maximum absolute atomic E-state index is 5.72. The van der Waals surface area contributed by atoms with Crippen molar-refractivity contribution in [3.63, 3.8) is 0 Å². The highest BCUT2D eigenvalue weighted by Crippen LogP contribution is 2.18. The molecule has 84 valence electrons. The van der Waals surface area contributed by atoms with Crippen LogP contribution in [0.2, 0.25) is 0 Å². The summed E-state index contributed by atoms with van der Waals surface area (Å²) in [5, 5.41) is 3.10. The van der Waals surface area contributed by atoms with Crippen LogP contribution in [0.5, 0.6) is 5.88 Å². The second kappa shape index (κ2) is 4.96. The number of ether oxygens (including phenoxy) is 1. The summed E-state index contributed by atoms with van der Waals surface area (Å²) in [6, 6.07) is 0. The number of anilines is 1. The van der Waals surface area contributed by atoms with Gasteiger partial charge < -0.3 is 10.1 Å². The van der Waals surface area contributed by atoms with Gasteiger partial charge in [-0.3, -0.25) is 4.98 Å². The maximum atomic E-state index is 5.72. The molecule has 0 aromatic carbocycles. The lowest BCUT2D eigenvalue weighted by molar-refractivity contribution is 0.0986. The fraction of sp³-hybridized carbons (Fsp3) is 0.636. The highest BCUT2D eigenvalue weighted by Gasteiger charge is 2.17. The summed E-state index contributed by atoms with van der Waals surface area (Å²) in [5.41, 5.74) is -0.195. The lowest BCUT2D eigenvalue weighted by Gasteiger charge is -2.23. The van der Waals surface area contributed by atoms with E-state index in [1.54, 1.807) is 12.4 Å². The maximum Gasteiger partial charge on any atom is 0.234 e. The summed E-state index contributed by atoms with van der Waals surface area (Å²) in [4.78, 5) is 8.37. The van der Waals surface area contributed by atoms with E-state index in [1.165, 1.54) is 0 Å². The molecule has 0 spiro atoms. The Hall–Kier alpha value is -1.32. The van der Waals surface area contributed by atoms with Crippen molar-refractivity contribution in [3.05, 3.63) is 12.4 Å². The minimum Gasteiger partial charge on any atom is -0.471 e. The Morgan fingerprint density at radius 2 is 2.07 bits per heavy atom. The SMILES string of the molecule is CCNc1cncc(OC(C)(C)CC)n1. The van der Waals surface area contributed by atoms with Crippen molar-refractivity contribution in [3.8, 4) is 5.88 Å². The number of nitrogens with zero attached hydrogens (tertiary/aromatic N) is 2. The Kier molecular flexibility index (Phi) is 3.88. The van der Waals surface area contributed by atoms with Crippen molar-refractivity contribution in [1.29, 1.82) is 0 Å². The lowest BCUT2D eigenvalue weighted by Crippen LogP contribution is -2.27. The second-order valence-corrected chi connectivity index (χ2v) is 3.99. The molecule has 4 nitrogen and oxygen atoms in total. The van der Waals surface area contributed by atoms with Crippen LogP contribution in [0.25, 0.3) is 0 Å². The molecular formula is C11H19N3O. The van der Waals surface area contributed by atoms with Crippen LogP contribution in [0.1, 0.15) is 34.1 Å². The van der Waals surface area contributed by atoms with Crippen LogP contribution in [0.4, 0.5) is 5.82 Å². The largest absolute Gasteiger partial charge is 0.471 e. The fourth-order valence-corrected chi connectivity index (χ4v) is 1.02. The van der Waals surface area contributed by atoms with Gasteiger partial charge in [0.1, 0.15) is 11.4 Å². The van der Waals surface area contributed by atoms with Gasteiger partial charge in [-0.25, -0.2) is 0 Å². The molecule has 0 aliphatic carbocycles. The van der Waals surface area contributed by atoms with Gasteiger partial charge in [-0.2, -0.15) is 4.98 Å². The van der Waals surface area contributed by atoms with E-state index in [-0.39, 0.29) is 5.60 Å². The van der Waals surface area contributed by atoms with Crippen molar-refractivity contribution < 1.29 is 4.74 Å². The minimum absolute atomic E-state index is 0.195. The zero-order valence-electron chi connectivity index (χ0n) is 9.87. The number of nitrogens with one attached hydrogen (secondary N) is 1. The Morgan fingerprint density at radius 3 is 2.67 bits per heavy atom. The molecule has 0 saturated carbocycles. The third-order valence-electron chi connectivity index (χ3n) is 2.20. The van der Waals surface area contributed by atoms with Gasteiger partial charge in [-0.15, -0.1) is 0 Å². The van der Waals surface area contributed by atoms with Gasteiger partial charge >= 0.3 is 0 Å². The van der Waals surface area contributed by atoms with Crippen LogP contribution in [0.15, 0.2) is 12.4 Å². The molecule has 0 amide bonds. The molecule has 4 heteroatoms. The van der Waals surface area contributed by atoms with Crippen LogP contribution in [0, 0.1) is 0 Å². The molecule has 0 bridgehead atoms. The Morgan fingerprint density at radius 1 is 1.33 bits per heavy atom. The average Bonchev–Trinajstić information content (AvgIpc) is 2.18. The summed E-state index contributed by atoms with van der Waals surface area (Å²) >= 11 is 0. The second-order valence-electron chi connectivity index (χ2n) is 3.99. The fourth-order valence-electron chi connectivity index (χ4n) is 1.02. The molecule has 1 aromatic rings. The third kappa shape index (κ3) is 3.73. The average molecular weight is 209 g/mol. The minimum atomic E-state index is -0.195. The van der Waals surface area contributed by atoms with E-state index >= 15 is 0 Å². The monoisotopic (exact) mass is 209 g/mol. The molecule has 0 atom stereocenters. The molecule has 1 aromatic heterocycles. The van der Waals surface area contributed by atoms with E-state index in [1.807, 2.05) is 20.8 Å². The quantitative estimate of drug-likeness (QED) is 0.809. The van der Waals surface area contributed by atoms with Crippen LogP contribution >= 0.6 is 0 Å². The van der Waals surface area contributed by atoms with Gasteiger partial charge in [-0.1, -0.05) is 6.92 Å². The Bertz CT molecular complexity index is 312. The van der Waals surface area contributed by atoms with Gasteiger partial charge in [0.05, 0.1) is 12.4 Å². The smallest absolute Gasteiger partial charge is 0.234 e. The molecule has 1 N–H and O–H groups in total. The molecule has 0 fully saturated rings. The zero-order chi connectivity index (χ0) is 11.3. The number of hydrogen-bond donors (Lipinski definition) is 1. The molecular weight excluding hydrogens is 190 g/mol. The number of rotatable bonds is 5. The van der Waals surface area contributed by atoms with Gasteiger partial charge in [0.15, 0.2) is 0 Å². The highest BCUT2D eigenvalue weighted by molar-refractivity contribution is 5.32. The first kappa shape index (κ1) is 11.8. The van der Waals surface area contributed by atoms with Crippen LogP contribution < -0.4 is 10.1 Å². The van der Waals surface area contributed by atoms with Crippen LogP contribution in [-0.2, 0) is 0 Å². The van der Waals surface area contributed by atoms with Crippen molar-refractivity contribution in [2.75, 3.05) is 11.9 Å². The molecule has 1 heterocycles. The normalized spacial score (nSPS) is 11.2. The molecule has 0 radical (unpaired) electrons. The van der Waals surface area contributed by atoms with E-state index in [0.29, 0.717) is 5.88 Å². The molecule has 0 unspecified atom stereocenters. The predicted octanol–water partition coefficient (Wildman–Crippen LogP) is 2.48. The van der Waals surface area contributed by atoms with Crippen LogP contribution in [-0.4, -0.2) is 22.1 Å². The first-order valence-electron chi connectivity index (χ1n) is 5.32. The van der Waals surface area contributed by atoms with E-state index in [9.17, 15) is 0 Å². The summed E-state index contributed by atoms with van der Waals surface area (Å²) in [6.07, 6.45) is 4.26. The molecule has 0 aliphatic heterocycles. The molecule has 1 rings (SSSR count). The van der Waals surface area contributed by atoms with Crippen molar-refractivity contribution in [2.24, 2.45) is 0 Å². The van der Waals surface area contributed by atoms with Gasteiger partial charge in [-0.05, 0) is 27.2 Å². The summed E-state index contributed by atoms with van der Waals surface area (Å²) < 4.78 is 5.72. The van der Waals surface area contributed by atoms with Crippen molar-refractivity contribution in [2.45, 2.75) is 39.7 Å². The first-order valence-corrected chi connectivity index (χ1v) is 5.32. The van der Waals surface area contributed by atoms with E-state index in [0.717, 1.165) is 18.8 Å². The Balaban J connectivity index is 2.73. The Labute approximate surface area is 91.1 Å². The zero-order valence-corrected chi connectivity index (χ0v) is 9.87. The topological polar surface area (TPSA) is 47.0 Å². The standard InChI is InChI=1S/C11H19N3O/c1-5-11(3,4)15-10-8-12-7-9(14-10)13-6-2/h7-8H,5-6H2,1-4H3,(H,13,14). The predicted molar refractivity (Wildman–Crippen MR) is 61.2 cm³/mol. The van der Waals surface area contributed by atoms with Gasteiger partial charge in [0.25, 0.3) is 0 Å². The first-order chi connectivity index (χ1) is 7.07. The van der Waals surface area contributed by atoms with Crippen molar-refractivity contribution in [1.82, 2.24) is 9.97 Å². The third-order valence-corrected chi connectivity index (χ3v) is 2.20. The summed E-state index contributed by atoms with van der Waals surface area (Å²) in [5.74, 6) is 1.32. The molecule has 15 heavy (non-hydrogen) atoms. The highest BCUT2D eigenvalue weighted by atomic mass is 16.5. The summed E-state index contributed by atoms with van der Waals surface area (Å²) in [7, 11) is 0.